The van der Waals surface area contributed by atoms with Crippen LogP contribution >= 0.6 is 0 Å². The number of hydrogen-bond acceptors (Lipinski definition) is 7. The van der Waals surface area contributed by atoms with Crippen molar-refractivity contribution in [3.05, 3.63) is 131 Å². The number of rotatable bonds is 9. The van der Waals surface area contributed by atoms with E-state index in [1.807, 2.05) is 36.4 Å². The third-order valence-corrected chi connectivity index (χ3v) is 6.95. The largest absolute Gasteiger partial charge is 0.489 e. The summed E-state index contributed by atoms with van der Waals surface area (Å²) in [5.74, 6) is 0.270. The molecule has 4 aromatic carbocycles. The Kier molecular flexibility index (Phi) is 8.39. The Labute approximate surface area is 243 Å². The highest BCUT2D eigenvalue weighted by atomic mass is 19.1. The molecule has 0 amide bonds. The number of carbonyl (C=O) groups is 1. The lowest BCUT2D eigenvalue weighted by molar-refractivity contribution is -0.141. The fourth-order valence-electron chi connectivity index (χ4n) is 4.63. The smallest absolute Gasteiger partial charge is 0.352 e. The van der Waals surface area contributed by atoms with Gasteiger partial charge in [0.2, 0.25) is 5.88 Å². The van der Waals surface area contributed by atoms with Gasteiger partial charge in [-0.15, -0.1) is 0 Å². The number of nitriles is 1. The van der Waals surface area contributed by atoms with Crippen molar-refractivity contribution in [3.63, 3.8) is 0 Å². The van der Waals surface area contributed by atoms with Gasteiger partial charge < -0.3 is 24.7 Å². The molecular formula is C34H29FN2O5. The molecule has 5 rings (SSSR count). The first-order valence-corrected chi connectivity index (χ1v) is 13.5. The van der Waals surface area contributed by atoms with Crippen LogP contribution in [0.3, 0.4) is 0 Å². The molecule has 1 aliphatic rings. The van der Waals surface area contributed by atoms with Gasteiger partial charge in [0.1, 0.15) is 47.1 Å². The predicted octanol–water partition coefficient (Wildman–Crippen LogP) is 6.56. The average Bonchev–Trinajstić information content (AvgIpc) is 3.00. The van der Waals surface area contributed by atoms with Gasteiger partial charge in [0.25, 0.3) is 0 Å². The highest BCUT2D eigenvalue weighted by Crippen LogP contribution is 2.43. The standard InChI is InChI=1S/C34H29FN2O5/c1-3-22-8-12-26(13-9-22)40-21(2)34(38)41-27-16-17-28-31(18-27)42-33(37)29(19-36)32(28)23-10-14-25(15-11-23)39-20-24-6-4-5-7-30(24)35/h4-18,21,32H,3,20,37H2,1-2H3. The van der Waals surface area contributed by atoms with E-state index in [2.05, 4.69) is 13.0 Å². The number of carbonyl (C=O) groups excluding carboxylic acids is 1. The van der Waals surface area contributed by atoms with Crippen LogP contribution in [-0.4, -0.2) is 12.1 Å². The lowest BCUT2D eigenvalue weighted by atomic mass is 9.83. The van der Waals surface area contributed by atoms with Crippen molar-refractivity contribution in [2.24, 2.45) is 5.73 Å². The van der Waals surface area contributed by atoms with Crippen LogP contribution in [0.25, 0.3) is 0 Å². The molecule has 0 spiro atoms. The molecule has 0 radical (unpaired) electrons. The van der Waals surface area contributed by atoms with Gasteiger partial charge in [-0.3, -0.25) is 0 Å². The third kappa shape index (κ3) is 6.21. The van der Waals surface area contributed by atoms with E-state index in [1.54, 1.807) is 55.5 Å². The van der Waals surface area contributed by atoms with Gasteiger partial charge in [0.05, 0.1) is 5.92 Å². The van der Waals surface area contributed by atoms with Crippen LogP contribution in [0, 0.1) is 17.1 Å². The van der Waals surface area contributed by atoms with Crippen LogP contribution in [0.2, 0.25) is 0 Å². The number of nitrogens with two attached hydrogens (primary N) is 1. The summed E-state index contributed by atoms with van der Waals surface area (Å²) in [6.45, 7) is 3.76. The molecule has 0 aliphatic carbocycles. The first-order valence-electron chi connectivity index (χ1n) is 13.5. The lowest BCUT2D eigenvalue weighted by Crippen LogP contribution is -2.28. The van der Waals surface area contributed by atoms with Gasteiger partial charge in [-0.1, -0.05) is 55.5 Å². The Morgan fingerprint density at radius 1 is 1.00 bits per heavy atom. The van der Waals surface area contributed by atoms with Crippen LogP contribution in [0.5, 0.6) is 23.0 Å². The number of fused-ring (bicyclic) bond motifs is 1. The fraction of sp³-hybridized carbons (Fsp3) is 0.176. The quantitative estimate of drug-likeness (QED) is 0.181. The van der Waals surface area contributed by atoms with Crippen molar-refractivity contribution in [2.75, 3.05) is 0 Å². The number of aryl methyl sites for hydroxylation is 1. The Morgan fingerprint density at radius 2 is 1.69 bits per heavy atom. The molecule has 0 fully saturated rings. The van der Waals surface area contributed by atoms with Crippen LogP contribution in [-0.2, 0) is 17.8 Å². The molecule has 1 heterocycles. The van der Waals surface area contributed by atoms with E-state index in [0.717, 1.165) is 12.0 Å². The van der Waals surface area contributed by atoms with Gasteiger partial charge in [-0.2, -0.15) is 5.26 Å². The van der Waals surface area contributed by atoms with Crippen molar-refractivity contribution in [3.8, 4) is 29.1 Å². The zero-order valence-corrected chi connectivity index (χ0v) is 23.2. The Balaban J connectivity index is 1.31. The van der Waals surface area contributed by atoms with Crippen LogP contribution in [0.15, 0.2) is 102 Å². The van der Waals surface area contributed by atoms with Gasteiger partial charge in [0, 0.05) is 17.2 Å². The maximum absolute atomic E-state index is 13.9. The number of esters is 1. The second-order valence-corrected chi connectivity index (χ2v) is 9.75. The first-order chi connectivity index (χ1) is 20.4. The van der Waals surface area contributed by atoms with Gasteiger partial charge in [0.15, 0.2) is 6.10 Å². The maximum Gasteiger partial charge on any atom is 0.352 e. The monoisotopic (exact) mass is 564 g/mol. The molecule has 2 N–H and O–H groups in total. The SMILES string of the molecule is CCc1ccc(OC(C)C(=O)Oc2ccc3c(c2)OC(N)=C(C#N)C3c2ccc(OCc3ccccc3F)cc2)cc1. The molecular weight excluding hydrogens is 535 g/mol. The van der Waals surface area contributed by atoms with Gasteiger partial charge in [-0.05, 0) is 60.9 Å². The molecule has 4 aromatic rings. The summed E-state index contributed by atoms with van der Waals surface area (Å²) in [4.78, 5) is 12.8. The van der Waals surface area contributed by atoms with Crippen molar-refractivity contribution in [1.82, 2.24) is 0 Å². The summed E-state index contributed by atoms with van der Waals surface area (Å²) in [5.41, 5.74) is 9.47. The molecule has 42 heavy (non-hydrogen) atoms. The summed E-state index contributed by atoms with van der Waals surface area (Å²) < 4.78 is 36.8. The fourth-order valence-corrected chi connectivity index (χ4v) is 4.63. The molecule has 1 aliphatic heterocycles. The molecule has 0 aromatic heterocycles. The van der Waals surface area contributed by atoms with Crippen molar-refractivity contribution in [1.29, 1.82) is 5.26 Å². The Hall–Kier alpha value is -5.29. The molecule has 7 nitrogen and oxygen atoms in total. The van der Waals surface area contributed by atoms with Gasteiger partial charge >= 0.3 is 5.97 Å². The molecule has 212 valence electrons. The van der Waals surface area contributed by atoms with E-state index in [-0.39, 0.29) is 29.6 Å². The van der Waals surface area contributed by atoms with Gasteiger partial charge in [-0.25, -0.2) is 9.18 Å². The number of hydrogen-bond donors (Lipinski definition) is 1. The van der Waals surface area contributed by atoms with Crippen LogP contribution < -0.4 is 24.7 Å². The Morgan fingerprint density at radius 3 is 2.38 bits per heavy atom. The normalized spacial score (nSPS) is 14.7. The second-order valence-electron chi connectivity index (χ2n) is 9.75. The number of allylic oxidation sites excluding steroid dienone is 1. The minimum absolute atomic E-state index is 0.0365. The second kappa shape index (κ2) is 12.5. The van der Waals surface area contributed by atoms with E-state index in [9.17, 15) is 14.4 Å². The number of ether oxygens (including phenoxy) is 4. The molecule has 0 bridgehead atoms. The maximum atomic E-state index is 13.9. The highest BCUT2D eigenvalue weighted by molar-refractivity contribution is 5.77. The third-order valence-electron chi connectivity index (χ3n) is 6.95. The molecule has 0 saturated carbocycles. The van der Waals surface area contributed by atoms with E-state index in [0.29, 0.717) is 28.4 Å². The lowest BCUT2D eigenvalue weighted by Gasteiger charge is -2.27. The zero-order valence-electron chi connectivity index (χ0n) is 23.2. The van der Waals surface area contributed by atoms with E-state index in [1.165, 1.54) is 11.6 Å². The molecule has 8 heteroatoms. The Bertz CT molecular complexity index is 1660. The number of halogens is 1. The van der Waals surface area contributed by atoms with E-state index < -0.39 is 18.0 Å². The van der Waals surface area contributed by atoms with E-state index in [4.69, 9.17) is 24.7 Å². The molecule has 2 unspecified atom stereocenters. The zero-order chi connectivity index (χ0) is 29.6. The summed E-state index contributed by atoms with van der Waals surface area (Å²) in [6, 6.07) is 28.2. The minimum atomic E-state index is -0.851. The summed E-state index contributed by atoms with van der Waals surface area (Å²) >= 11 is 0. The van der Waals surface area contributed by atoms with Crippen molar-refractivity contribution in [2.45, 2.75) is 38.9 Å². The molecule has 0 saturated heterocycles. The van der Waals surface area contributed by atoms with Crippen molar-refractivity contribution >= 4 is 5.97 Å². The van der Waals surface area contributed by atoms with E-state index >= 15 is 0 Å². The van der Waals surface area contributed by atoms with Crippen LogP contribution in [0.4, 0.5) is 4.39 Å². The first kappa shape index (κ1) is 28.2. The number of nitrogens with zero attached hydrogens (tertiary/aromatic N) is 1. The minimum Gasteiger partial charge on any atom is -0.489 e. The summed E-state index contributed by atoms with van der Waals surface area (Å²) in [6.07, 6.45) is 0.0577. The average molecular weight is 565 g/mol. The topological polar surface area (TPSA) is 104 Å². The summed E-state index contributed by atoms with van der Waals surface area (Å²) in [5, 5.41) is 9.88. The molecule has 2 atom stereocenters. The summed E-state index contributed by atoms with van der Waals surface area (Å²) in [7, 11) is 0. The highest BCUT2D eigenvalue weighted by Gasteiger charge is 2.31. The van der Waals surface area contributed by atoms with Crippen molar-refractivity contribution < 1.29 is 28.1 Å². The number of benzene rings is 4. The predicted molar refractivity (Wildman–Crippen MR) is 154 cm³/mol. The van der Waals surface area contributed by atoms with Crippen LogP contribution in [0.1, 0.15) is 42.0 Å².